The Morgan fingerprint density at radius 1 is 1.10 bits per heavy atom. The van der Waals surface area contributed by atoms with E-state index in [0.29, 0.717) is 15.6 Å². The normalized spacial score (nSPS) is 12.3. The highest BCUT2D eigenvalue weighted by Gasteiger charge is 2.19. The Balaban J connectivity index is 2.36. The molecule has 0 aromatic heterocycles. The Morgan fingerprint density at radius 2 is 1.71 bits per heavy atom. The van der Waals surface area contributed by atoms with Crippen LogP contribution in [0.25, 0.3) is 0 Å². The van der Waals surface area contributed by atoms with Crippen LogP contribution < -0.4 is 0 Å². The van der Waals surface area contributed by atoms with E-state index >= 15 is 0 Å². The molecule has 0 N–H and O–H groups in total. The number of hydrogen-bond donors (Lipinski definition) is 0. The number of nitrogens with zero attached hydrogens (tertiary/aromatic N) is 1. The Labute approximate surface area is 133 Å². The van der Waals surface area contributed by atoms with Gasteiger partial charge in [0, 0.05) is 11.8 Å². The minimum absolute atomic E-state index is 0.444. The van der Waals surface area contributed by atoms with Crippen LogP contribution in [-0.2, 0) is 9.53 Å². The molecule has 2 aromatic rings. The van der Waals surface area contributed by atoms with E-state index in [0.717, 1.165) is 5.56 Å². The second-order valence-corrected chi connectivity index (χ2v) is 5.06. The first-order chi connectivity index (χ1) is 10.1. The number of benzene rings is 2. The summed E-state index contributed by atoms with van der Waals surface area (Å²) >= 11 is 12.2. The van der Waals surface area contributed by atoms with Gasteiger partial charge in [0.15, 0.2) is 6.04 Å². The second-order valence-electron chi connectivity index (χ2n) is 4.25. The summed E-state index contributed by atoms with van der Waals surface area (Å²) in [6.07, 6.45) is 1.50. The van der Waals surface area contributed by atoms with Gasteiger partial charge in [0.2, 0.25) is 0 Å². The minimum Gasteiger partial charge on any atom is -0.467 e. The van der Waals surface area contributed by atoms with Gasteiger partial charge in [-0.1, -0.05) is 59.6 Å². The van der Waals surface area contributed by atoms with E-state index in [2.05, 4.69) is 4.99 Å². The fourth-order valence-electron chi connectivity index (χ4n) is 1.81. The smallest absolute Gasteiger partial charge is 0.335 e. The fourth-order valence-corrected chi connectivity index (χ4v) is 2.31. The molecule has 0 radical (unpaired) electrons. The van der Waals surface area contributed by atoms with E-state index in [9.17, 15) is 4.79 Å². The summed E-state index contributed by atoms with van der Waals surface area (Å²) in [5, 5.41) is 0.950. The van der Waals surface area contributed by atoms with Crippen LogP contribution in [0.2, 0.25) is 10.0 Å². The topological polar surface area (TPSA) is 38.7 Å². The zero-order valence-corrected chi connectivity index (χ0v) is 12.8. The molecule has 3 nitrogen and oxygen atoms in total. The van der Waals surface area contributed by atoms with Gasteiger partial charge in [-0.2, -0.15) is 0 Å². The Kier molecular flexibility index (Phi) is 5.37. The molecule has 0 aliphatic carbocycles. The number of methoxy groups -OCH3 is 1. The number of hydrogen-bond acceptors (Lipinski definition) is 3. The molecule has 2 aromatic carbocycles. The molecule has 0 amide bonds. The van der Waals surface area contributed by atoms with Crippen LogP contribution in [-0.4, -0.2) is 19.3 Å². The first kappa shape index (κ1) is 15.5. The quantitative estimate of drug-likeness (QED) is 0.621. The molecule has 0 aliphatic rings. The van der Waals surface area contributed by atoms with Crippen LogP contribution in [0.1, 0.15) is 17.2 Å². The van der Waals surface area contributed by atoms with Crippen molar-refractivity contribution in [1.82, 2.24) is 0 Å². The van der Waals surface area contributed by atoms with Crippen LogP contribution >= 0.6 is 23.2 Å². The number of carbonyl (C=O) groups excluding carboxylic acids is 1. The SMILES string of the molecule is COC(=O)[C@@H](N=Cc1c(Cl)cccc1Cl)c1ccccc1. The average Bonchev–Trinajstić information content (AvgIpc) is 2.50. The third-order valence-corrected chi connectivity index (χ3v) is 3.55. The van der Waals surface area contributed by atoms with Crippen molar-refractivity contribution in [3.05, 3.63) is 69.7 Å². The maximum atomic E-state index is 11.9. The van der Waals surface area contributed by atoms with Crippen LogP contribution in [0.15, 0.2) is 53.5 Å². The average molecular weight is 322 g/mol. The molecule has 5 heteroatoms. The van der Waals surface area contributed by atoms with E-state index in [-0.39, 0.29) is 0 Å². The van der Waals surface area contributed by atoms with Crippen molar-refractivity contribution in [2.75, 3.05) is 7.11 Å². The lowest BCUT2D eigenvalue weighted by atomic mass is 10.1. The summed E-state index contributed by atoms with van der Waals surface area (Å²) in [5.74, 6) is -0.444. The van der Waals surface area contributed by atoms with E-state index < -0.39 is 12.0 Å². The molecular formula is C16H13Cl2NO2. The number of halogens is 2. The number of esters is 1. The minimum atomic E-state index is -0.747. The van der Waals surface area contributed by atoms with Gasteiger partial charge < -0.3 is 4.74 Å². The number of aliphatic imine (C=N–C) groups is 1. The number of carbonyl (C=O) groups is 1. The fraction of sp³-hybridized carbons (Fsp3) is 0.125. The van der Waals surface area contributed by atoms with Crippen molar-refractivity contribution in [2.45, 2.75) is 6.04 Å². The lowest BCUT2D eigenvalue weighted by Gasteiger charge is -2.10. The van der Waals surface area contributed by atoms with Gasteiger partial charge in [-0.15, -0.1) is 0 Å². The molecule has 0 aliphatic heterocycles. The summed E-state index contributed by atoms with van der Waals surface area (Å²) in [6, 6.07) is 13.6. The molecule has 0 saturated heterocycles. The summed E-state index contributed by atoms with van der Waals surface area (Å²) in [7, 11) is 1.33. The largest absolute Gasteiger partial charge is 0.467 e. The van der Waals surface area contributed by atoms with Gasteiger partial charge in [0.05, 0.1) is 17.2 Å². The Morgan fingerprint density at radius 3 is 2.29 bits per heavy atom. The summed E-state index contributed by atoms with van der Waals surface area (Å²) < 4.78 is 4.80. The zero-order valence-electron chi connectivity index (χ0n) is 11.3. The summed E-state index contributed by atoms with van der Waals surface area (Å²) in [6.45, 7) is 0. The molecule has 2 rings (SSSR count). The third-order valence-electron chi connectivity index (χ3n) is 2.89. The highest BCUT2D eigenvalue weighted by atomic mass is 35.5. The van der Waals surface area contributed by atoms with Gasteiger partial charge in [-0.25, -0.2) is 4.79 Å². The second kappa shape index (κ2) is 7.25. The van der Waals surface area contributed by atoms with E-state index in [1.165, 1.54) is 13.3 Å². The van der Waals surface area contributed by atoms with Crippen molar-refractivity contribution in [2.24, 2.45) is 4.99 Å². The maximum absolute atomic E-state index is 11.9. The molecule has 21 heavy (non-hydrogen) atoms. The molecule has 1 atom stereocenters. The molecular weight excluding hydrogens is 309 g/mol. The van der Waals surface area contributed by atoms with Gasteiger partial charge >= 0.3 is 5.97 Å². The maximum Gasteiger partial charge on any atom is 0.335 e. The lowest BCUT2D eigenvalue weighted by Crippen LogP contribution is -2.12. The van der Waals surface area contributed by atoms with Crippen molar-refractivity contribution in [1.29, 1.82) is 0 Å². The Bertz CT molecular complexity index is 636. The van der Waals surface area contributed by atoms with Crippen molar-refractivity contribution in [3.8, 4) is 0 Å². The van der Waals surface area contributed by atoms with E-state index in [4.69, 9.17) is 27.9 Å². The highest BCUT2D eigenvalue weighted by Crippen LogP contribution is 2.24. The first-order valence-electron chi connectivity index (χ1n) is 6.23. The number of ether oxygens (including phenoxy) is 1. The molecule has 0 bridgehead atoms. The molecule has 0 spiro atoms. The third kappa shape index (κ3) is 3.84. The first-order valence-corrected chi connectivity index (χ1v) is 6.99. The number of rotatable bonds is 4. The molecule has 0 unspecified atom stereocenters. The highest BCUT2D eigenvalue weighted by molar-refractivity contribution is 6.38. The van der Waals surface area contributed by atoms with Gasteiger partial charge in [0.1, 0.15) is 0 Å². The molecule has 0 fully saturated rings. The lowest BCUT2D eigenvalue weighted by molar-refractivity contribution is -0.142. The van der Waals surface area contributed by atoms with Gasteiger partial charge in [-0.05, 0) is 17.7 Å². The summed E-state index contributed by atoms with van der Waals surface area (Å²) in [5.41, 5.74) is 1.31. The molecule has 0 heterocycles. The summed E-state index contributed by atoms with van der Waals surface area (Å²) in [4.78, 5) is 16.2. The van der Waals surface area contributed by atoms with Crippen molar-refractivity contribution in [3.63, 3.8) is 0 Å². The zero-order chi connectivity index (χ0) is 15.2. The van der Waals surface area contributed by atoms with Crippen LogP contribution in [0.5, 0.6) is 0 Å². The predicted molar refractivity (Wildman–Crippen MR) is 85.3 cm³/mol. The monoisotopic (exact) mass is 321 g/mol. The van der Waals surface area contributed by atoms with E-state index in [1.54, 1.807) is 18.2 Å². The van der Waals surface area contributed by atoms with Gasteiger partial charge in [-0.3, -0.25) is 4.99 Å². The van der Waals surface area contributed by atoms with Gasteiger partial charge in [0.25, 0.3) is 0 Å². The molecule has 0 saturated carbocycles. The van der Waals surface area contributed by atoms with Crippen LogP contribution in [0.4, 0.5) is 0 Å². The van der Waals surface area contributed by atoms with Crippen molar-refractivity contribution >= 4 is 35.4 Å². The Hall–Kier alpha value is -1.84. The molecule has 108 valence electrons. The predicted octanol–water partition coefficient (Wildman–Crippen LogP) is 4.33. The van der Waals surface area contributed by atoms with Crippen molar-refractivity contribution < 1.29 is 9.53 Å². The van der Waals surface area contributed by atoms with Crippen LogP contribution in [0, 0.1) is 0 Å². The van der Waals surface area contributed by atoms with Crippen LogP contribution in [0.3, 0.4) is 0 Å². The standard InChI is InChI=1S/C16H13Cl2NO2/c1-21-16(20)15(11-6-3-2-4-7-11)19-10-12-13(17)8-5-9-14(12)18/h2-10,15H,1H3/t15-/m0/s1. The van der Waals surface area contributed by atoms with E-state index in [1.807, 2.05) is 30.3 Å².